The van der Waals surface area contributed by atoms with Crippen molar-refractivity contribution in [3.05, 3.63) is 100 Å². The quantitative estimate of drug-likeness (QED) is 0.310. The van der Waals surface area contributed by atoms with Crippen LogP contribution in [-0.4, -0.2) is 12.6 Å². The smallest absolute Gasteiger partial charge is 0.352 e. The van der Waals surface area contributed by atoms with Crippen LogP contribution in [0.3, 0.4) is 0 Å². The Hall–Kier alpha value is -3.86. The summed E-state index contributed by atoms with van der Waals surface area (Å²) in [5, 5.41) is 0.627. The standard InChI is InChI=1S/C26H22O5/c1-3-29-26(28)25(19-12-8-5-9-13-19)31-22-15-17(2)14-21-24(22)20(16-23(27)30-21)18-10-6-4-7-11-18/h4-16,25H,3H2,1-2H3/t25-/m0/s1. The zero-order valence-electron chi connectivity index (χ0n) is 17.3. The first kappa shape index (κ1) is 20.4. The minimum absolute atomic E-state index is 0.240. The second kappa shape index (κ2) is 8.88. The van der Waals surface area contributed by atoms with Gasteiger partial charge >= 0.3 is 11.6 Å². The van der Waals surface area contributed by atoms with Crippen molar-refractivity contribution < 1.29 is 18.7 Å². The summed E-state index contributed by atoms with van der Waals surface area (Å²) in [6.07, 6.45) is -0.957. The Balaban J connectivity index is 1.92. The molecule has 0 bridgehead atoms. The Bertz CT molecular complexity index is 1260. The first-order chi connectivity index (χ1) is 15.1. The number of esters is 1. The van der Waals surface area contributed by atoms with Gasteiger partial charge in [0, 0.05) is 17.2 Å². The van der Waals surface area contributed by atoms with E-state index >= 15 is 0 Å². The zero-order valence-corrected chi connectivity index (χ0v) is 17.3. The number of carbonyl (C=O) groups is 1. The summed E-state index contributed by atoms with van der Waals surface area (Å²) in [6, 6.07) is 23.8. The van der Waals surface area contributed by atoms with E-state index in [0.29, 0.717) is 27.8 Å². The highest BCUT2D eigenvalue weighted by molar-refractivity contribution is 5.98. The van der Waals surface area contributed by atoms with Crippen LogP contribution in [-0.2, 0) is 9.53 Å². The molecule has 0 saturated carbocycles. The minimum Gasteiger partial charge on any atom is -0.473 e. The van der Waals surface area contributed by atoms with E-state index in [-0.39, 0.29) is 6.61 Å². The van der Waals surface area contributed by atoms with Crippen molar-refractivity contribution in [2.45, 2.75) is 20.0 Å². The van der Waals surface area contributed by atoms with Gasteiger partial charge in [-0.2, -0.15) is 0 Å². The first-order valence-electron chi connectivity index (χ1n) is 10.1. The Labute approximate surface area is 179 Å². The summed E-state index contributed by atoms with van der Waals surface area (Å²) in [6.45, 7) is 3.87. The maximum atomic E-state index is 12.8. The number of carbonyl (C=O) groups excluding carboxylic acids is 1. The maximum absolute atomic E-state index is 12.8. The Morgan fingerprint density at radius 2 is 1.65 bits per heavy atom. The van der Waals surface area contributed by atoms with Crippen LogP contribution in [0.1, 0.15) is 24.2 Å². The number of ether oxygens (including phenoxy) is 2. The summed E-state index contributed by atoms with van der Waals surface area (Å²) >= 11 is 0. The van der Waals surface area contributed by atoms with Gasteiger partial charge in [0.1, 0.15) is 11.3 Å². The van der Waals surface area contributed by atoms with Crippen molar-refractivity contribution in [1.82, 2.24) is 0 Å². The highest BCUT2D eigenvalue weighted by Gasteiger charge is 2.26. The van der Waals surface area contributed by atoms with Gasteiger partial charge in [-0.15, -0.1) is 0 Å². The molecule has 0 radical (unpaired) electrons. The Morgan fingerprint density at radius 3 is 2.32 bits per heavy atom. The molecule has 3 aromatic carbocycles. The molecule has 1 aromatic heterocycles. The van der Waals surface area contributed by atoms with Crippen molar-refractivity contribution in [1.29, 1.82) is 0 Å². The van der Waals surface area contributed by atoms with Gasteiger partial charge in [0.25, 0.3) is 0 Å². The van der Waals surface area contributed by atoms with E-state index in [0.717, 1.165) is 11.1 Å². The van der Waals surface area contributed by atoms with E-state index < -0.39 is 17.7 Å². The largest absolute Gasteiger partial charge is 0.473 e. The molecule has 0 unspecified atom stereocenters. The van der Waals surface area contributed by atoms with E-state index in [1.165, 1.54) is 6.07 Å². The van der Waals surface area contributed by atoms with E-state index in [1.54, 1.807) is 13.0 Å². The number of hydrogen-bond acceptors (Lipinski definition) is 5. The number of rotatable bonds is 6. The molecular weight excluding hydrogens is 392 g/mol. The molecule has 156 valence electrons. The van der Waals surface area contributed by atoms with Gasteiger partial charge < -0.3 is 13.9 Å². The minimum atomic E-state index is -0.957. The average Bonchev–Trinajstić information content (AvgIpc) is 2.77. The molecule has 0 aliphatic heterocycles. The lowest BCUT2D eigenvalue weighted by Gasteiger charge is -2.20. The molecule has 31 heavy (non-hydrogen) atoms. The third-order valence-corrected chi connectivity index (χ3v) is 4.89. The fraction of sp³-hybridized carbons (Fsp3) is 0.154. The zero-order chi connectivity index (χ0) is 21.8. The molecule has 0 fully saturated rings. The molecule has 5 heteroatoms. The monoisotopic (exact) mass is 414 g/mol. The third-order valence-electron chi connectivity index (χ3n) is 4.89. The Kier molecular flexibility index (Phi) is 5.85. The second-order valence-electron chi connectivity index (χ2n) is 7.14. The molecule has 4 rings (SSSR count). The van der Waals surface area contributed by atoms with Crippen LogP contribution >= 0.6 is 0 Å². The molecule has 1 heterocycles. The van der Waals surface area contributed by atoms with Gasteiger partial charge in [-0.25, -0.2) is 9.59 Å². The number of aryl methyl sites for hydroxylation is 1. The molecule has 0 saturated heterocycles. The number of hydrogen-bond donors (Lipinski definition) is 0. The van der Waals surface area contributed by atoms with Gasteiger partial charge in [-0.05, 0) is 37.1 Å². The highest BCUT2D eigenvalue weighted by atomic mass is 16.6. The Morgan fingerprint density at radius 1 is 0.968 bits per heavy atom. The van der Waals surface area contributed by atoms with Gasteiger partial charge in [-0.1, -0.05) is 60.7 Å². The van der Waals surface area contributed by atoms with Gasteiger partial charge in [0.05, 0.1) is 12.0 Å². The SMILES string of the molecule is CCOC(=O)[C@@H](Oc1cc(C)cc2oc(=O)cc(-c3ccccc3)c12)c1ccccc1. The summed E-state index contributed by atoms with van der Waals surface area (Å²) in [5.74, 6) is -0.0403. The summed E-state index contributed by atoms with van der Waals surface area (Å²) in [7, 11) is 0. The molecule has 5 nitrogen and oxygen atoms in total. The van der Waals surface area contributed by atoms with Crippen LogP contribution in [0.4, 0.5) is 0 Å². The molecule has 0 N–H and O–H groups in total. The average molecular weight is 414 g/mol. The van der Waals surface area contributed by atoms with Crippen LogP contribution in [0.25, 0.3) is 22.1 Å². The van der Waals surface area contributed by atoms with Crippen molar-refractivity contribution >= 4 is 16.9 Å². The molecular formula is C26H22O5. The van der Waals surface area contributed by atoms with E-state index in [4.69, 9.17) is 13.9 Å². The van der Waals surface area contributed by atoms with Crippen LogP contribution in [0.15, 0.2) is 88.1 Å². The molecule has 4 aromatic rings. The highest BCUT2D eigenvalue weighted by Crippen LogP contribution is 2.37. The van der Waals surface area contributed by atoms with E-state index in [1.807, 2.05) is 73.7 Å². The molecule has 1 atom stereocenters. The lowest BCUT2D eigenvalue weighted by Crippen LogP contribution is -2.21. The van der Waals surface area contributed by atoms with Crippen LogP contribution < -0.4 is 10.4 Å². The van der Waals surface area contributed by atoms with Crippen LogP contribution in [0, 0.1) is 6.92 Å². The van der Waals surface area contributed by atoms with Crippen LogP contribution in [0.2, 0.25) is 0 Å². The van der Waals surface area contributed by atoms with Crippen molar-refractivity contribution in [2.75, 3.05) is 6.61 Å². The van der Waals surface area contributed by atoms with Gasteiger partial charge in [-0.3, -0.25) is 0 Å². The van der Waals surface area contributed by atoms with Crippen molar-refractivity contribution in [3.8, 4) is 16.9 Å². The molecule has 0 aliphatic rings. The van der Waals surface area contributed by atoms with Crippen molar-refractivity contribution in [3.63, 3.8) is 0 Å². The fourth-order valence-electron chi connectivity index (χ4n) is 3.56. The van der Waals surface area contributed by atoms with Crippen molar-refractivity contribution in [2.24, 2.45) is 0 Å². The summed E-state index contributed by atoms with van der Waals surface area (Å²) < 4.78 is 17.0. The predicted molar refractivity (Wildman–Crippen MR) is 119 cm³/mol. The number of benzene rings is 3. The molecule has 0 spiro atoms. The summed E-state index contributed by atoms with van der Waals surface area (Å²) in [4.78, 5) is 25.0. The predicted octanol–water partition coefficient (Wildman–Crippen LogP) is 5.45. The maximum Gasteiger partial charge on any atom is 0.352 e. The third kappa shape index (κ3) is 4.36. The normalized spacial score (nSPS) is 11.8. The van der Waals surface area contributed by atoms with E-state index in [9.17, 15) is 9.59 Å². The van der Waals surface area contributed by atoms with Crippen LogP contribution in [0.5, 0.6) is 5.75 Å². The first-order valence-corrected chi connectivity index (χ1v) is 10.1. The topological polar surface area (TPSA) is 65.7 Å². The van der Waals surface area contributed by atoms with E-state index in [2.05, 4.69) is 0 Å². The lowest BCUT2D eigenvalue weighted by atomic mass is 10.00. The second-order valence-corrected chi connectivity index (χ2v) is 7.14. The van der Waals surface area contributed by atoms with Gasteiger partial charge in [0.15, 0.2) is 0 Å². The molecule has 0 aliphatic carbocycles. The number of fused-ring (bicyclic) bond motifs is 1. The summed E-state index contributed by atoms with van der Waals surface area (Å²) in [5.41, 5.74) is 2.99. The lowest BCUT2D eigenvalue weighted by molar-refractivity contribution is -0.151. The molecule has 0 amide bonds. The fourth-order valence-corrected chi connectivity index (χ4v) is 3.56. The van der Waals surface area contributed by atoms with Gasteiger partial charge in [0.2, 0.25) is 6.10 Å².